The van der Waals surface area contributed by atoms with Crippen LogP contribution in [0.25, 0.3) is 0 Å². The molecule has 0 aromatic rings. The molecule has 12 nitrogen and oxygen atoms in total. The number of unbranched alkanes of at least 4 members (excludes halogenated alkanes) is 8. The van der Waals surface area contributed by atoms with Crippen molar-refractivity contribution in [3.63, 3.8) is 0 Å². The molecular formula is C65H98O12. The zero-order valence-electron chi connectivity index (χ0n) is 47.1. The first kappa shape index (κ1) is 69.6. The molecule has 1 aliphatic rings. The molecular weight excluding hydrogens is 973 g/mol. The molecule has 430 valence electrons. The average molecular weight is 1070 g/mol. The molecule has 0 bridgehead atoms. The van der Waals surface area contributed by atoms with E-state index in [0.29, 0.717) is 25.7 Å². The van der Waals surface area contributed by atoms with Gasteiger partial charge in [0.1, 0.15) is 18.8 Å². The summed E-state index contributed by atoms with van der Waals surface area (Å²) in [7, 11) is 0. The monoisotopic (exact) mass is 1070 g/mol. The molecule has 6 atom stereocenters. The molecule has 1 rings (SSSR count). The zero-order valence-corrected chi connectivity index (χ0v) is 47.1. The fraction of sp³-hybridized carbons (Fsp3) is 0.569. The number of carboxylic acid groups (broad SMARTS) is 1. The van der Waals surface area contributed by atoms with E-state index in [1.807, 2.05) is 12.2 Å². The Morgan fingerprint density at radius 3 is 1.22 bits per heavy atom. The van der Waals surface area contributed by atoms with Crippen LogP contribution in [-0.2, 0) is 42.9 Å². The summed E-state index contributed by atoms with van der Waals surface area (Å²) in [5.74, 6) is -3.30. The van der Waals surface area contributed by atoms with Crippen LogP contribution in [0, 0.1) is 0 Å². The van der Waals surface area contributed by atoms with Crippen molar-refractivity contribution in [2.45, 2.75) is 225 Å². The van der Waals surface area contributed by atoms with Crippen LogP contribution in [0.5, 0.6) is 0 Å². The lowest BCUT2D eigenvalue weighted by atomic mass is 9.98. The summed E-state index contributed by atoms with van der Waals surface area (Å²) in [5.41, 5.74) is 0. The number of aliphatic carboxylic acids is 1. The van der Waals surface area contributed by atoms with Crippen LogP contribution in [0.2, 0.25) is 0 Å². The highest BCUT2D eigenvalue weighted by molar-refractivity contribution is 5.74. The second kappa shape index (κ2) is 51.4. The number of hydrogen-bond acceptors (Lipinski definition) is 11. The van der Waals surface area contributed by atoms with Crippen molar-refractivity contribution in [2.24, 2.45) is 0 Å². The maximum atomic E-state index is 13.1. The third kappa shape index (κ3) is 41.4. The summed E-state index contributed by atoms with van der Waals surface area (Å²) < 4.78 is 28.3. The Kier molecular flexibility index (Phi) is 46.4. The minimum absolute atomic E-state index is 0.0144. The van der Waals surface area contributed by atoms with Crippen molar-refractivity contribution < 1.29 is 58.2 Å². The maximum absolute atomic E-state index is 13.1. The van der Waals surface area contributed by atoms with E-state index in [0.717, 1.165) is 122 Å². The van der Waals surface area contributed by atoms with Crippen LogP contribution < -0.4 is 0 Å². The smallest absolute Gasteiger partial charge is 0.335 e. The van der Waals surface area contributed by atoms with E-state index in [1.54, 1.807) is 0 Å². The number of carbonyl (C=O) groups excluding carboxylic acids is 3. The molecule has 0 aliphatic carbocycles. The molecule has 1 heterocycles. The van der Waals surface area contributed by atoms with Gasteiger partial charge in [0.05, 0.1) is 6.61 Å². The fourth-order valence-electron chi connectivity index (χ4n) is 7.58. The minimum atomic E-state index is -1.93. The highest BCUT2D eigenvalue weighted by Crippen LogP contribution is 2.26. The number of carboxylic acids is 1. The molecule has 6 unspecified atom stereocenters. The third-order valence-corrected chi connectivity index (χ3v) is 11.9. The average Bonchev–Trinajstić information content (AvgIpc) is 3.42. The van der Waals surface area contributed by atoms with Crippen LogP contribution in [0.4, 0.5) is 0 Å². The first-order chi connectivity index (χ1) is 37.6. The molecule has 3 N–H and O–H groups in total. The number of aliphatic hydroxyl groups is 2. The van der Waals surface area contributed by atoms with Crippen LogP contribution in [0.3, 0.4) is 0 Å². The van der Waals surface area contributed by atoms with Gasteiger partial charge in [0, 0.05) is 19.3 Å². The van der Waals surface area contributed by atoms with Gasteiger partial charge in [-0.3, -0.25) is 14.4 Å². The second-order valence-electron chi connectivity index (χ2n) is 18.8. The normalized spacial score (nSPS) is 19.1. The van der Waals surface area contributed by atoms with Crippen molar-refractivity contribution in [1.82, 2.24) is 0 Å². The Bertz CT molecular complexity index is 1890. The molecule has 1 fully saturated rings. The number of rotatable bonds is 46. The van der Waals surface area contributed by atoms with Gasteiger partial charge in [-0.05, 0) is 128 Å². The molecule has 0 spiro atoms. The van der Waals surface area contributed by atoms with Gasteiger partial charge in [0.2, 0.25) is 0 Å². The van der Waals surface area contributed by atoms with Gasteiger partial charge in [-0.25, -0.2) is 4.79 Å². The van der Waals surface area contributed by atoms with Crippen LogP contribution in [0.1, 0.15) is 188 Å². The van der Waals surface area contributed by atoms with E-state index in [2.05, 4.69) is 154 Å². The molecule has 0 aromatic heterocycles. The molecule has 0 saturated carbocycles. The van der Waals surface area contributed by atoms with E-state index in [-0.39, 0.29) is 25.9 Å². The quantitative estimate of drug-likeness (QED) is 0.0228. The molecule has 77 heavy (non-hydrogen) atoms. The Labute approximate surface area is 463 Å². The minimum Gasteiger partial charge on any atom is -0.479 e. The molecule has 0 aromatic carbocycles. The third-order valence-electron chi connectivity index (χ3n) is 11.9. The van der Waals surface area contributed by atoms with Gasteiger partial charge in [0.25, 0.3) is 0 Å². The van der Waals surface area contributed by atoms with Gasteiger partial charge in [-0.2, -0.15) is 0 Å². The first-order valence-electron chi connectivity index (χ1n) is 28.8. The summed E-state index contributed by atoms with van der Waals surface area (Å²) in [6.07, 6.45) is 61.1. The van der Waals surface area contributed by atoms with Crippen LogP contribution in [0.15, 0.2) is 146 Å². The fourth-order valence-corrected chi connectivity index (χ4v) is 7.58. The predicted molar refractivity (Wildman–Crippen MR) is 312 cm³/mol. The molecule has 12 heteroatoms. The van der Waals surface area contributed by atoms with E-state index in [9.17, 15) is 34.5 Å². The molecule has 1 aliphatic heterocycles. The van der Waals surface area contributed by atoms with Gasteiger partial charge in [-0.15, -0.1) is 0 Å². The Hall–Kier alpha value is -5.40. The molecule has 1 saturated heterocycles. The van der Waals surface area contributed by atoms with Crippen molar-refractivity contribution in [3.05, 3.63) is 146 Å². The van der Waals surface area contributed by atoms with Gasteiger partial charge in [0.15, 0.2) is 24.6 Å². The zero-order chi connectivity index (χ0) is 56.1. The number of ether oxygens (including phenoxy) is 5. The van der Waals surface area contributed by atoms with Crippen molar-refractivity contribution >= 4 is 23.9 Å². The number of carbonyl (C=O) groups is 4. The van der Waals surface area contributed by atoms with E-state index in [4.69, 9.17) is 23.7 Å². The van der Waals surface area contributed by atoms with E-state index < -0.39 is 67.3 Å². The first-order valence-corrected chi connectivity index (χ1v) is 28.8. The molecule has 0 radical (unpaired) electrons. The summed E-state index contributed by atoms with van der Waals surface area (Å²) in [5, 5.41) is 31.5. The second-order valence-corrected chi connectivity index (χ2v) is 18.8. The highest BCUT2D eigenvalue weighted by Gasteiger charge is 2.50. The van der Waals surface area contributed by atoms with Crippen molar-refractivity contribution in [1.29, 1.82) is 0 Å². The Morgan fingerprint density at radius 1 is 0.429 bits per heavy atom. The van der Waals surface area contributed by atoms with Crippen LogP contribution in [-0.4, -0.2) is 89.2 Å². The number of allylic oxidation sites excluding steroid dienone is 24. The van der Waals surface area contributed by atoms with Gasteiger partial charge < -0.3 is 39.0 Å². The highest BCUT2D eigenvalue weighted by atomic mass is 16.7. The van der Waals surface area contributed by atoms with Crippen molar-refractivity contribution in [2.75, 3.05) is 13.2 Å². The van der Waals surface area contributed by atoms with E-state index in [1.165, 1.54) is 0 Å². The lowest BCUT2D eigenvalue weighted by molar-refractivity contribution is -0.301. The standard InChI is InChI=1S/C65H98O12/c1-4-7-10-13-16-19-22-25-27-29-31-34-36-39-42-45-48-51-57(66)73-54-56(75-58(67)52-49-46-43-40-37-33-24-21-18-15-12-9-6-3)55-74-65-63(61(70)60(69)62(77-65)64(71)72)76-59(68)53-50-47-44-41-38-35-32-30-28-26-23-20-17-14-11-8-5-2/h7-12,16-21,25-28,31-35,37,39,42,56,60-63,65,69-70H,4-6,13-15,22-24,29-30,36,38,40-41,43-55H2,1-3H3,(H,71,72)/b10-7-,11-8-,12-9-,19-16-,20-17-,21-18-,27-25-,28-26-,34-31-,35-32-,37-33-,42-39-. The topological polar surface area (TPSA) is 175 Å². The summed E-state index contributed by atoms with van der Waals surface area (Å²) >= 11 is 0. The lowest BCUT2D eigenvalue weighted by Crippen LogP contribution is -2.61. The largest absolute Gasteiger partial charge is 0.479 e. The summed E-state index contributed by atoms with van der Waals surface area (Å²) in [4.78, 5) is 51.1. The summed E-state index contributed by atoms with van der Waals surface area (Å²) in [6.45, 7) is 5.54. The van der Waals surface area contributed by atoms with Gasteiger partial charge in [-0.1, -0.05) is 186 Å². The number of aliphatic hydroxyl groups excluding tert-OH is 2. The maximum Gasteiger partial charge on any atom is 0.335 e. The Morgan fingerprint density at radius 2 is 0.792 bits per heavy atom. The van der Waals surface area contributed by atoms with E-state index >= 15 is 0 Å². The molecule has 0 amide bonds. The Balaban J connectivity index is 2.77. The lowest BCUT2D eigenvalue weighted by Gasteiger charge is -2.40. The van der Waals surface area contributed by atoms with Gasteiger partial charge >= 0.3 is 23.9 Å². The number of hydrogen-bond donors (Lipinski definition) is 3. The SMILES string of the molecule is CC/C=C\C/C=C\C/C=C\C/C=C\C/C=C\CCCC(=O)OCC(COC1OC(C(=O)O)C(O)C(O)C1OC(=O)CCCCCC/C=C\C/C=C\C/C=C\C/C=C\CC)OC(=O)CCCCC/C=C\C/C=C\C/C=C\CC. The van der Waals surface area contributed by atoms with Crippen molar-refractivity contribution in [3.8, 4) is 0 Å². The summed E-state index contributed by atoms with van der Waals surface area (Å²) in [6, 6.07) is 0. The number of esters is 3. The predicted octanol–water partition coefficient (Wildman–Crippen LogP) is 14.8. The van der Waals surface area contributed by atoms with Crippen LogP contribution >= 0.6 is 0 Å².